The summed E-state index contributed by atoms with van der Waals surface area (Å²) in [5.74, 6) is -0.616. The van der Waals surface area contributed by atoms with Crippen LogP contribution in [0.15, 0.2) is 12.2 Å². The van der Waals surface area contributed by atoms with E-state index in [0.717, 1.165) is 0 Å². The third kappa shape index (κ3) is 31.9. The number of carbonyl (C=O) groups is 1. The Morgan fingerprint density at radius 3 is 1.95 bits per heavy atom. The topological polar surface area (TPSA) is 147 Å². The second kappa shape index (κ2) is 10.5. The molecule has 0 atom stereocenters. The van der Waals surface area contributed by atoms with Crippen LogP contribution in [-0.2, 0) is 45.8 Å². The quantitative estimate of drug-likeness (QED) is 0.148. The van der Waals surface area contributed by atoms with Gasteiger partial charge in [-0.15, -0.1) is 0 Å². The van der Waals surface area contributed by atoms with Gasteiger partial charge in [0.1, 0.15) is 6.61 Å². The maximum Gasteiger partial charge on any atom is 0.469 e. The number of carbonyl (C=O) groups excluding carboxylic acids is 1. The molecule has 0 saturated carbocycles. The molecule has 1 radical (unpaired) electrons. The average molecular weight is 370 g/mol. The van der Waals surface area contributed by atoms with E-state index in [0.29, 0.717) is 6.26 Å². The molecule has 0 aliphatic heterocycles. The van der Waals surface area contributed by atoms with Crippen LogP contribution < -0.4 is 0 Å². The molecule has 0 aromatic rings. The van der Waals surface area contributed by atoms with Gasteiger partial charge in [0.25, 0.3) is 10.1 Å². The van der Waals surface area contributed by atoms with Gasteiger partial charge in [0.15, 0.2) is 0 Å². The standard InChI is InChI=1S/C6H11O6P.CH4O3S.Cu/c1-5(2)6(7)11-3-4-12-13(8,9)10;1-5(2,3)4;/h1,3-4H2,2H3,(H2,8,9,10);1H3,(H,2,3,4);. The fourth-order valence-electron chi connectivity index (χ4n) is 0.414. The number of phosphoric ester groups is 1. The van der Waals surface area contributed by atoms with Crippen LogP contribution in [0.3, 0.4) is 0 Å². The van der Waals surface area contributed by atoms with E-state index in [4.69, 9.17) is 14.3 Å². The van der Waals surface area contributed by atoms with E-state index in [2.05, 4.69) is 15.8 Å². The fraction of sp³-hybridized carbons (Fsp3) is 0.571. The molecule has 12 heteroatoms. The number of rotatable bonds is 5. The summed E-state index contributed by atoms with van der Waals surface area (Å²) in [5, 5.41) is 0. The van der Waals surface area contributed by atoms with Gasteiger partial charge in [-0.25, -0.2) is 9.36 Å². The van der Waals surface area contributed by atoms with E-state index >= 15 is 0 Å². The Morgan fingerprint density at radius 2 is 1.68 bits per heavy atom. The summed E-state index contributed by atoms with van der Waals surface area (Å²) in [5.41, 5.74) is 0.219. The monoisotopic (exact) mass is 369 g/mol. The smallest absolute Gasteiger partial charge is 0.460 e. The molecule has 0 fully saturated rings. The first-order valence-electron chi connectivity index (χ1n) is 4.28. The molecule has 0 saturated heterocycles. The summed E-state index contributed by atoms with van der Waals surface area (Å²) in [4.78, 5) is 27.1. The van der Waals surface area contributed by atoms with Crippen molar-refractivity contribution in [2.45, 2.75) is 6.92 Å². The second-order valence-electron chi connectivity index (χ2n) is 2.97. The minimum absolute atomic E-state index is 0. The Kier molecular flexibility index (Phi) is 13.2. The van der Waals surface area contributed by atoms with E-state index < -0.39 is 23.9 Å². The summed E-state index contributed by atoms with van der Waals surface area (Å²) in [6, 6.07) is 0. The van der Waals surface area contributed by atoms with Gasteiger partial charge in [-0.3, -0.25) is 9.08 Å². The maximum absolute atomic E-state index is 10.7. The molecule has 3 N–H and O–H groups in total. The fourth-order valence-corrected chi connectivity index (χ4v) is 0.726. The summed E-state index contributed by atoms with van der Waals surface area (Å²) >= 11 is 0. The SMILES string of the molecule is C=C(C)C(=O)OCCOP(=O)(O)O.CS(=O)(=O)O.[Cu]. The molecule has 0 amide bonds. The number of hydrogen-bond donors (Lipinski definition) is 3. The Morgan fingerprint density at radius 1 is 1.32 bits per heavy atom. The Labute approximate surface area is 121 Å². The maximum atomic E-state index is 10.7. The van der Waals surface area contributed by atoms with Gasteiger partial charge in [-0.2, -0.15) is 8.42 Å². The molecule has 0 heterocycles. The summed E-state index contributed by atoms with van der Waals surface area (Å²) in [6.45, 7) is 4.22. The minimum Gasteiger partial charge on any atom is -0.460 e. The van der Waals surface area contributed by atoms with E-state index in [-0.39, 0.29) is 35.9 Å². The number of ether oxygens (including phenoxy) is 1. The van der Waals surface area contributed by atoms with Crippen molar-refractivity contribution >= 4 is 23.9 Å². The number of esters is 1. The van der Waals surface area contributed by atoms with Crippen LogP contribution in [0.5, 0.6) is 0 Å². The molecule has 0 aromatic heterocycles. The van der Waals surface area contributed by atoms with Gasteiger partial charge in [-0.05, 0) is 6.92 Å². The molecule has 0 aromatic carbocycles. The van der Waals surface area contributed by atoms with Crippen LogP contribution in [0, 0.1) is 0 Å². The normalized spacial score (nSPS) is 10.6. The van der Waals surface area contributed by atoms with Crippen molar-refractivity contribution in [3.63, 3.8) is 0 Å². The molecule has 0 bridgehead atoms. The Bertz CT molecular complexity index is 418. The van der Waals surface area contributed by atoms with Gasteiger partial charge in [0, 0.05) is 22.6 Å². The molecular weight excluding hydrogens is 355 g/mol. The summed E-state index contributed by atoms with van der Waals surface area (Å²) in [6.07, 6.45) is 0.715. The van der Waals surface area contributed by atoms with Crippen molar-refractivity contribution in [1.29, 1.82) is 0 Å². The van der Waals surface area contributed by atoms with Crippen molar-refractivity contribution in [3.8, 4) is 0 Å². The van der Waals surface area contributed by atoms with Gasteiger partial charge >= 0.3 is 13.8 Å². The summed E-state index contributed by atoms with van der Waals surface area (Å²) < 4.78 is 44.5. The third-order valence-corrected chi connectivity index (χ3v) is 1.44. The Hall–Kier alpha value is -0.251. The first-order valence-corrected chi connectivity index (χ1v) is 7.66. The van der Waals surface area contributed by atoms with Crippen LogP contribution in [-0.4, -0.2) is 48.2 Å². The first kappa shape index (κ1) is 23.8. The molecule has 0 unspecified atom stereocenters. The van der Waals surface area contributed by atoms with Crippen molar-refractivity contribution in [3.05, 3.63) is 12.2 Å². The molecule has 0 aliphatic carbocycles. The largest absolute Gasteiger partial charge is 0.469 e. The second-order valence-corrected chi connectivity index (χ2v) is 5.68. The van der Waals surface area contributed by atoms with Crippen molar-refractivity contribution in [1.82, 2.24) is 0 Å². The van der Waals surface area contributed by atoms with Crippen LogP contribution in [0.4, 0.5) is 0 Å². The zero-order valence-electron chi connectivity index (χ0n) is 10.1. The summed E-state index contributed by atoms with van der Waals surface area (Å²) in [7, 11) is -8.13. The minimum atomic E-state index is -4.46. The van der Waals surface area contributed by atoms with Crippen molar-refractivity contribution in [2.75, 3.05) is 19.5 Å². The van der Waals surface area contributed by atoms with E-state index in [9.17, 15) is 17.8 Å². The van der Waals surface area contributed by atoms with E-state index in [1.165, 1.54) is 6.92 Å². The van der Waals surface area contributed by atoms with E-state index in [1.54, 1.807) is 0 Å². The molecular formula is C7H15CuO9PS. The molecule has 119 valence electrons. The van der Waals surface area contributed by atoms with Crippen LogP contribution in [0.2, 0.25) is 0 Å². The van der Waals surface area contributed by atoms with Gasteiger partial charge in [0.05, 0.1) is 12.9 Å². The number of hydrogen-bond acceptors (Lipinski definition) is 6. The molecule has 9 nitrogen and oxygen atoms in total. The van der Waals surface area contributed by atoms with Gasteiger partial charge in [0.2, 0.25) is 0 Å². The van der Waals surface area contributed by atoms with Crippen molar-refractivity contribution in [2.24, 2.45) is 0 Å². The van der Waals surface area contributed by atoms with E-state index in [1.807, 2.05) is 0 Å². The first-order chi connectivity index (χ1) is 7.83. The van der Waals surface area contributed by atoms with Crippen LogP contribution in [0.1, 0.15) is 6.92 Å². The average Bonchev–Trinajstić information content (AvgIpc) is 2.07. The Balaban J connectivity index is -0.000000366. The zero-order chi connectivity index (χ0) is 15.0. The number of phosphoric acid groups is 1. The predicted molar refractivity (Wildman–Crippen MR) is 61.2 cm³/mol. The predicted octanol–water partition coefficient (Wildman–Crippen LogP) is -0.284. The third-order valence-electron chi connectivity index (χ3n) is 0.924. The van der Waals surface area contributed by atoms with Crippen molar-refractivity contribution < 1.29 is 58.4 Å². The van der Waals surface area contributed by atoms with Gasteiger partial charge < -0.3 is 14.5 Å². The molecule has 0 spiro atoms. The van der Waals surface area contributed by atoms with Crippen LogP contribution in [0.25, 0.3) is 0 Å². The molecule has 0 rings (SSSR count). The molecule has 0 aliphatic rings. The van der Waals surface area contributed by atoms with Crippen LogP contribution >= 0.6 is 7.82 Å². The molecule has 19 heavy (non-hydrogen) atoms. The zero-order valence-corrected chi connectivity index (χ0v) is 12.7. The van der Waals surface area contributed by atoms with Gasteiger partial charge in [-0.1, -0.05) is 6.58 Å².